The number of hydrogen-bond donors (Lipinski definition) is 0. The quantitative estimate of drug-likeness (QED) is 0.713. The van der Waals surface area contributed by atoms with Crippen molar-refractivity contribution >= 4 is 38.9 Å². The Morgan fingerprint density at radius 2 is 2.33 bits per heavy atom. The molecule has 0 aliphatic rings. The molecule has 1 atom stereocenters. The monoisotopic (exact) mass is 266 g/mol. The highest BCUT2D eigenvalue weighted by atomic mass is 79.9. The standard InChI is InChI=1S/C9H12BrClS/c1-7(6-11)2-3-8-4-5-9(10)12-8/h4-5,7H,2-3,6H2,1H3. The van der Waals surface area contributed by atoms with Gasteiger partial charge in [0, 0.05) is 10.8 Å². The van der Waals surface area contributed by atoms with Gasteiger partial charge in [-0.15, -0.1) is 22.9 Å². The smallest absolute Gasteiger partial charge is 0.0701 e. The van der Waals surface area contributed by atoms with Crippen LogP contribution in [0.4, 0.5) is 0 Å². The highest BCUT2D eigenvalue weighted by Gasteiger charge is 2.02. The summed E-state index contributed by atoms with van der Waals surface area (Å²) in [6.07, 6.45) is 2.35. The van der Waals surface area contributed by atoms with Crippen LogP contribution in [0, 0.1) is 5.92 Å². The van der Waals surface area contributed by atoms with Crippen molar-refractivity contribution in [2.45, 2.75) is 19.8 Å². The maximum atomic E-state index is 5.72. The minimum atomic E-state index is 0.632. The van der Waals surface area contributed by atoms with Crippen LogP contribution in [-0.2, 0) is 6.42 Å². The summed E-state index contributed by atoms with van der Waals surface area (Å²) in [7, 11) is 0. The molecule has 1 aromatic heterocycles. The lowest BCUT2D eigenvalue weighted by molar-refractivity contribution is 0.596. The van der Waals surface area contributed by atoms with Gasteiger partial charge in [0.2, 0.25) is 0 Å². The largest absolute Gasteiger partial charge is 0.133 e. The van der Waals surface area contributed by atoms with E-state index in [1.165, 1.54) is 15.1 Å². The maximum Gasteiger partial charge on any atom is 0.0701 e. The van der Waals surface area contributed by atoms with E-state index < -0.39 is 0 Å². The van der Waals surface area contributed by atoms with E-state index in [-0.39, 0.29) is 0 Å². The van der Waals surface area contributed by atoms with Gasteiger partial charge in [-0.1, -0.05) is 6.92 Å². The Balaban J connectivity index is 2.33. The van der Waals surface area contributed by atoms with E-state index in [0.29, 0.717) is 5.92 Å². The first kappa shape index (κ1) is 10.6. The van der Waals surface area contributed by atoms with Crippen molar-refractivity contribution in [2.75, 3.05) is 5.88 Å². The minimum Gasteiger partial charge on any atom is -0.133 e. The second-order valence-corrected chi connectivity index (χ2v) is 5.86. The molecule has 0 N–H and O–H groups in total. The number of rotatable bonds is 4. The lowest BCUT2D eigenvalue weighted by atomic mass is 10.1. The van der Waals surface area contributed by atoms with Gasteiger partial charge in [-0.25, -0.2) is 0 Å². The summed E-state index contributed by atoms with van der Waals surface area (Å²) in [6.45, 7) is 2.19. The van der Waals surface area contributed by atoms with Crippen LogP contribution in [0.3, 0.4) is 0 Å². The van der Waals surface area contributed by atoms with Crippen molar-refractivity contribution in [1.82, 2.24) is 0 Å². The fraction of sp³-hybridized carbons (Fsp3) is 0.556. The van der Waals surface area contributed by atoms with E-state index in [0.717, 1.165) is 12.3 Å². The molecule has 0 saturated heterocycles. The number of aryl methyl sites for hydroxylation is 1. The number of thiophene rings is 1. The van der Waals surface area contributed by atoms with Crippen LogP contribution in [-0.4, -0.2) is 5.88 Å². The van der Waals surface area contributed by atoms with Crippen LogP contribution >= 0.6 is 38.9 Å². The molecule has 0 bridgehead atoms. The molecule has 68 valence electrons. The van der Waals surface area contributed by atoms with Crippen LogP contribution in [0.2, 0.25) is 0 Å². The fourth-order valence-corrected chi connectivity index (χ4v) is 2.60. The minimum absolute atomic E-state index is 0.632. The molecule has 1 unspecified atom stereocenters. The first-order valence-electron chi connectivity index (χ1n) is 4.02. The van der Waals surface area contributed by atoms with Crippen molar-refractivity contribution in [3.8, 4) is 0 Å². The first-order chi connectivity index (χ1) is 5.72. The Bertz CT molecular complexity index is 234. The second kappa shape index (κ2) is 5.25. The summed E-state index contributed by atoms with van der Waals surface area (Å²) in [5, 5.41) is 0. The Hall–Kier alpha value is 0.470. The van der Waals surface area contributed by atoms with Gasteiger partial charge < -0.3 is 0 Å². The van der Waals surface area contributed by atoms with Crippen molar-refractivity contribution in [1.29, 1.82) is 0 Å². The average Bonchev–Trinajstić information content (AvgIpc) is 2.47. The van der Waals surface area contributed by atoms with Gasteiger partial charge in [0.25, 0.3) is 0 Å². The Labute approximate surface area is 91.1 Å². The lowest BCUT2D eigenvalue weighted by Crippen LogP contribution is -1.96. The van der Waals surface area contributed by atoms with Gasteiger partial charge in [0.15, 0.2) is 0 Å². The molecule has 0 aliphatic carbocycles. The zero-order chi connectivity index (χ0) is 8.97. The van der Waals surface area contributed by atoms with E-state index in [2.05, 4.69) is 35.0 Å². The molecule has 1 rings (SSSR count). The fourth-order valence-electron chi connectivity index (χ4n) is 0.952. The summed E-state index contributed by atoms with van der Waals surface area (Å²) in [6, 6.07) is 4.28. The molecule has 0 radical (unpaired) electrons. The third-order valence-corrected chi connectivity index (χ3v) is 3.99. The SMILES string of the molecule is CC(CCl)CCc1ccc(Br)s1. The van der Waals surface area contributed by atoms with Crippen LogP contribution in [0.1, 0.15) is 18.2 Å². The topological polar surface area (TPSA) is 0 Å². The van der Waals surface area contributed by atoms with Gasteiger partial charge in [-0.05, 0) is 46.8 Å². The molecular weight excluding hydrogens is 256 g/mol. The van der Waals surface area contributed by atoms with Crippen molar-refractivity contribution in [3.63, 3.8) is 0 Å². The molecule has 0 aliphatic heterocycles. The highest BCUT2D eigenvalue weighted by molar-refractivity contribution is 9.11. The molecule has 0 nitrogen and oxygen atoms in total. The van der Waals surface area contributed by atoms with Crippen molar-refractivity contribution < 1.29 is 0 Å². The molecule has 0 amide bonds. The summed E-state index contributed by atoms with van der Waals surface area (Å²) in [4.78, 5) is 1.44. The molecule has 1 heterocycles. The maximum absolute atomic E-state index is 5.72. The third-order valence-electron chi connectivity index (χ3n) is 1.78. The van der Waals surface area contributed by atoms with E-state index in [1.54, 1.807) is 0 Å². The molecule has 0 fully saturated rings. The Morgan fingerprint density at radius 1 is 1.58 bits per heavy atom. The van der Waals surface area contributed by atoms with Gasteiger partial charge in [-0.2, -0.15) is 0 Å². The van der Waals surface area contributed by atoms with Gasteiger partial charge in [-0.3, -0.25) is 0 Å². The van der Waals surface area contributed by atoms with Gasteiger partial charge in [0.1, 0.15) is 0 Å². The van der Waals surface area contributed by atoms with E-state index in [4.69, 9.17) is 11.6 Å². The summed E-state index contributed by atoms with van der Waals surface area (Å²) < 4.78 is 1.22. The lowest BCUT2D eigenvalue weighted by Gasteiger charge is -2.04. The molecule has 1 aromatic rings. The van der Waals surface area contributed by atoms with E-state index in [9.17, 15) is 0 Å². The summed E-state index contributed by atoms with van der Waals surface area (Å²) in [5.41, 5.74) is 0. The van der Waals surface area contributed by atoms with Crippen LogP contribution in [0.5, 0.6) is 0 Å². The highest BCUT2D eigenvalue weighted by Crippen LogP contribution is 2.24. The average molecular weight is 268 g/mol. The molecule has 3 heteroatoms. The zero-order valence-corrected chi connectivity index (χ0v) is 10.2. The molecule has 0 aromatic carbocycles. The summed E-state index contributed by atoms with van der Waals surface area (Å²) >= 11 is 11.0. The van der Waals surface area contributed by atoms with E-state index in [1.807, 2.05) is 11.3 Å². The van der Waals surface area contributed by atoms with Crippen LogP contribution in [0.15, 0.2) is 15.9 Å². The first-order valence-corrected chi connectivity index (χ1v) is 6.17. The van der Waals surface area contributed by atoms with Crippen LogP contribution in [0.25, 0.3) is 0 Å². The molecule has 0 saturated carbocycles. The molecule has 12 heavy (non-hydrogen) atoms. The second-order valence-electron chi connectivity index (χ2n) is 3.00. The number of alkyl halides is 1. The van der Waals surface area contributed by atoms with Crippen molar-refractivity contribution in [2.24, 2.45) is 5.92 Å². The van der Waals surface area contributed by atoms with Gasteiger partial charge in [0.05, 0.1) is 3.79 Å². The normalized spacial score (nSPS) is 13.2. The predicted molar refractivity (Wildman–Crippen MR) is 60.2 cm³/mol. The number of halogens is 2. The molecule has 0 spiro atoms. The van der Waals surface area contributed by atoms with E-state index >= 15 is 0 Å². The van der Waals surface area contributed by atoms with Crippen molar-refractivity contribution in [3.05, 3.63) is 20.8 Å². The zero-order valence-electron chi connectivity index (χ0n) is 7.02. The van der Waals surface area contributed by atoms with Crippen LogP contribution < -0.4 is 0 Å². The Morgan fingerprint density at radius 3 is 2.83 bits per heavy atom. The Kier molecular flexibility index (Phi) is 4.62. The third kappa shape index (κ3) is 3.46. The number of hydrogen-bond acceptors (Lipinski definition) is 1. The molecular formula is C9H12BrClS. The van der Waals surface area contributed by atoms with Gasteiger partial charge >= 0.3 is 0 Å². The predicted octanol–water partition coefficient (Wildman–Crippen LogP) is 4.32. The summed E-state index contributed by atoms with van der Waals surface area (Å²) in [5.74, 6) is 1.40.